The maximum absolute atomic E-state index is 11.9. The van der Waals surface area contributed by atoms with Crippen molar-refractivity contribution in [3.63, 3.8) is 0 Å². The Morgan fingerprint density at radius 2 is 2.07 bits per heavy atom. The van der Waals surface area contributed by atoms with Crippen LogP contribution in [-0.2, 0) is 9.53 Å². The number of aliphatic hydroxyl groups is 1. The van der Waals surface area contributed by atoms with E-state index in [1.807, 2.05) is 6.08 Å². The number of ether oxygens (including phenoxy) is 1. The SMILES string of the molecule is CC[C@]12CC[C@H]3[C@@H](CCC4=CC(=O)CC[C@@H]43)[C@@H]1[C@@H]1C[C@@H]1[C@@]2(O)/C=C\OC(=O)O. The third-order valence-corrected chi connectivity index (χ3v) is 9.17. The number of hydrogen-bond donors (Lipinski definition) is 2. The molecule has 5 rings (SSSR count). The third kappa shape index (κ3) is 2.35. The number of ketones is 1. The molecule has 0 aliphatic heterocycles. The average molecular weight is 386 g/mol. The monoisotopic (exact) mass is 386 g/mol. The molecule has 4 fully saturated rings. The van der Waals surface area contributed by atoms with Crippen molar-refractivity contribution in [1.82, 2.24) is 0 Å². The number of carboxylic acid groups (broad SMARTS) is 1. The van der Waals surface area contributed by atoms with Crippen molar-refractivity contribution >= 4 is 11.9 Å². The number of rotatable bonds is 3. The fraction of sp³-hybridized carbons (Fsp3) is 0.739. The summed E-state index contributed by atoms with van der Waals surface area (Å²) in [7, 11) is 0. The van der Waals surface area contributed by atoms with Gasteiger partial charge in [-0.05, 0) is 92.6 Å². The Hall–Kier alpha value is -1.62. The van der Waals surface area contributed by atoms with Crippen LogP contribution in [0.5, 0.6) is 0 Å². The summed E-state index contributed by atoms with van der Waals surface area (Å²) in [6.07, 6.45) is 11.3. The Kier molecular flexibility index (Phi) is 4.07. The minimum absolute atomic E-state index is 0.175. The van der Waals surface area contributed by atoms with Crippen LogP contribution in [0.4, 0.5) is 4.79 Å². The van der Waals surface area contributed by atoms with Crippen molar-refractivity contribution in [3.05, 3.63) is 24.0 Å². The predicted octanol–water partition coefficient (Wildman–Crippen LogP) is 4.31. The molecule has 5 heteroatoms. The van der Waals surface area contributed by atoms with Crippen LogP contribution in [0.2, 0.25) is 0 Å². The number of allylic oxidation sites excluding steroid dienone is 1. The molecule has 0 aromatic heterocycles. The van der Waals surface area contributed by atoms with Crippen molar-refractivity contribution in [2.24, 2.45) is 40.9 Å². The van der Waals surface area contributed by atoms with E-state index in [1.54, 1.807) is 6.08 Å². The van der Waals surface area contributed by atoms with Gasteiger partial charge in [-0.1, -0.05) is 12.5 Å². The van der Waals surface area contributed by atoms with Gasteiger partial charge in [-0.2, -0.15) is 0 Å². The predicted molar refractivity (Wildman–Crippen MR) is 102 cm³/mol. The zero-order valence-corrected chi connectivity index (χ0v) is 16.5. The highest BCUT2D eigenvalue weighted by atomic mass is 16.7. The van der Waals surface area contributed by atoms with Crippen LogP contribution in [-0.4, -0.2) is 27.8 Å². The molecule has 0 heterocycles. The summed E-state index contributed by atoms with van der Waals surface area (Å²) in [5.41, 5.74) is 0.249. The molecule has 0 aromatic carbocycles. The second-order valence-electron chi connectivity index (χ2n) is 9.79. The number of hydrogen-bond acceptors (Lipinski definition) is 4. The Bertz CT molecular complexity index is 769. The Morgan fingerprint density at radius 3 is 2.82 bits per heavy atom. The Balaban J connectivity index is 1.47. The maximum atomic E-state index is 11.9. The topological polar surface area (TPSA) is 83.8 Å². The smallest absolute Gasteiger partial charge is 0.449 e. The second kappa shape index (κ2) is 6.19. The fourth-order valence-corrected chi connectivity index (χ4v) is 8.19. The van der Waals surface area contributed by atoms with Gasteiger partial charge in [0.25, 0.3) is 0 Å². The van der Waals surface area contributed by atoms with Crippen LogP contribution in [0.1, 0.15) is 58.3 Å². The van der Waals surface area contributed by atoms with E-state index in [0.29, 0.717) is 41.8 Å². The van der Waals surface area contributed by atoms with E-state index >= 15 is 0 Å². The molecule has 0 spiro atoms. The molecule has 8 atom stereocenters. The summed E-state index contributed by atoms with van der Waals surface area (Å²) in [5.74, 6) is 3.38. The van der Waals surface area contributed by atoms with Crippen LogP contribution in [0.15, 0.2) is 24.0 Å². The Morgan fingerprint density at radius 1 is 1.25 bits per heavy atom. The molecule has 0 radical (unpaired) electrons. The minimum Gasteiger partial charge on any atom is -0.449 e. The molecule has 0 unspecified atom stereocenters. The summed E-state index contributed by atoms with van der Waals surface area (Å²) >= 11 is 0. The number of carbonyl (C=O) groups excluding carboxylic acids is 1. The highest BCUT2D eigenvalue weighted by Gasteiger charge is 2.75. The molecule has 28 heavy (non-hydrogen) atoms. The van der Waals surface area contributed by atoms with E-state index in [9.17, 15) is 14.7 Å². The average Bonchev–Trinajstić information content (AvgIpc) is 3.43. The quantitative estimate of drug-likeness (QED) is 0.558. The van der Waals surface area contributed by atoms with E-state index in [-0.39, 0.29) is 11.3 Å². The summed E-state index contributed by atoms with van der Waals surface area (Å²) in [6, 6.07) is 0. The molecule has 5 aliphatic carbocycles. The number of fused-ring (bicyclic) bond motifs is 7. The first kappa shape index (κ1) is 18.4. The first-order valence-corrected chi connectivity index (χ1v) is 10.9. The van der Waals surface area contributed by atoms with E-state index in [0.717, 1.165) is 44.9 Å². The summed E-state index contributed by atoms with van der Waals surface area (Å²) < 4.78 is 4.63. The van der Waals surface area contributed by atoms with Crippen molar-refractivity contribution in [2.45, 2.75) is 63.9 Å². The molecule has 0 aromatic rings. The molecule has 0 bridgehead atoms. The van der Waals surface area contributed by atoms with Crippen molar-refractivity contribution in [2.75, 3.05) is 0 Å². The summed E-state index contributed by atoms with van der Waals surface area (Å²) in [4.78, 5) is 22.6. The standard InChI is InChI=1S/C23H30O5/c1-2-22-8-7-16-15-6-4-14(24)11-13(15)3-5-17(16)20(22)18-12-19(18)23(22,27)9-10-28-21(25)26/h9-11,15-20,27H,2-8,12H2,1H3,(H,25,26)/b10-9-/t15-,16+,17+,18+,19-,20+,22-,23-/m0/s1. The van der Waals surface area contributed by atoms with Gasteiger partial charge >= 0.3 is 6.16 Å². The van der Waals surface area contributed by atoms with E-state index in [4.69, 9.17) is 5.11 Å². The first-order valence-electron chi connectivity index (χ1n) is 10.9. The Labute approximate surface area is 165 Å². The van der Waals surface area contributed by atoms with Gasteiger partial charge in [0, 0.05) is 11.8 Å². The van der Waals surface area contributed by atoms with Gasteiger partial charge in [0.1, 0.15) is 0 Å². The molecule has 0 amide bonds. The van der Waals surface area contributed by atoms with Gasteiger partial charge in [-0.25, -0.2) is 4.79 Å². The van der Waals surface area contributed by atoms with Crippen LogP contribution in [0.25, 0.3) is 0 Å². The molecule has 5 aliphatic rings. The van der Waals surface area contributed by atoms with Gasteiger partial charge in [-0.3, -0.25) is 4.79 Å². The lowest BCUT2D eigenvalue weighted by molar-refractivity contribution is -0.128. The van der Waals surface area contributed by atoms with Gasteiger partial charge in [0.05, 0.1) is 11.9 Å². The highest BCUT2D eigenvalue weighted by molar-refractivity contribution is 5.91. The van der Waals surface area contributed by atoms with E-state index < -0.39 is 11.8 Å². The zero-order valence-electron chi connectivity index (χ0n) is 16.5. The van der Waals surface area contributed by atoms with Crippen molar-refractivity contribution in [1.29, 1.82) is 0 Å². The summed E-state index contributed by atoms with van der Waals surface area (Å²) in [5, 5.41) is 20.6. The van der Waals surface area contributed by atoms with Crippen LogP contribution in [0.3, 0.4) is 0 Å². The van der Waals surface area contributed by atoms with Crippen molar-refractivity contribution in [3.8, 4) is 0 Å². The highest BCUT2D eigenvalue weighted by Crippen LogP contribution is 2.77. The molecule has 4 saturated carbocycles. The van der Waals surface area contributed by atoms with Gasteiger partial charge in [0.2, 0.25) is 0 Å². The number of carbonyl (C=O) groups is 2. The van der Waals surface area contributed by atoms with Gasteiger partial charge in [-0.15, -0.1) is 0 Å². The lowest BCUT2D eigenvalue weighted by atomic mass is 9.48. The van der Waals surface area contributed by atoms with Crippen LogP contribution >= 0.6 is 0 Å². The van der Waals surface area contributed by atoms with E-state index in [2.05, 4.69) is 11.7 Å². The molecule has 2 N–H and O–H groups in total. The summed E-state index contributed by atoms with van der Waals surface area (Å²) in [6.45, 7) is 2.18. The van der Waals surface area contributed by atoms with Gasteiger partial charge < -0.3 is 14.9 Å². The third-order valence-electron chi connectivity index (χ3n) is 9.17. The maximum Gasteiger partial charge on any atom is 0.510 e. The first-order chi connectivity index (χ1) is 13.4. The molecular weight excluding hydrogens is 356 g/mol. The van der Waals surface area contributed by atoms with Crippen LogP contribution < -0.4 is 0 Å². The minimum atomic E-state index is -1.34. The zero-order chi connectivity index (χ0) is 19.7. The normalized spacial score (nSPS) is 48.9. The molecule has 152 valence electrons. The second-order valence-corrected chi connectivity index (χ2v) is 9.79. The van der Waals surface area contributed by atoms with Crippen LogP contribution in [0, 0.1) is 40.9 Å². The van der Waals surface area contributed by atoms with E-state index in [1.165, 1.54) is 11.8 Å². The molecule has 0 saturated heterocycles. The lowest BCUT2D eigenvalue weighted by Gasteiger charge is -2.58. The van der Waals surface area contributed by atoms with Gasteiger partial charge in [0.15, 0.2) is 5.78 Å². The fourth-order valence-electron chi connectivity index (χ4n) is 8.19. The lowest BCUT2D eigenvalue weighted by Crippen LogP contribution is -2.55. The molecular formula is C23H30O5. The largest absolute Gasteiger partial charge is 0.510 e. The van der Waals surface area contributed by atoms with Crippen molar-refractivity contribution < 1.29 is 24.5 Å². The molecule has 5 nitrogen and oxygen atoms in total.